The maximum Gasteiger partial charge on any atom is 0.0995 e. The van der Waals surface area contributed by atoms with Crippen molar-refractivity contribution in [2.24, 2.45) is 0 Å². The van der Waals surface area contributed by atoms with Crippen LogP contribution in [-0.4, -0.2) is 5.11 Å². The van der Waals surface area contributed by atoms with Crippen molar-refractivity contribution in [2.75, 3.05) is 0 Å². The molecule has 0 amide bonds. The molecule has 0 atom stereocenters. The molecule has 2 nitrogen and oxygen atoms in total. The third-order valence-electron chi connectivity index (χ3n) is 1.71. The zero-order valence-electron chi connectivity index (χ0n) is 7.20. The minimum absolute atomic E-state index is 0.532. The summed E-state index contributed by atoms with van der Waals surface area (Å²) in [6.07, 6.45) is 0. The van der Waals surface area contributed by atoms with E-state index in [-0.39, 0.29) is 0 Å². The van der Waals surface area contributed by atoms with Crippen molar-refractivity contribution in [3.05, 3.63) is 35.4 Å². The number of rotatable bonds is 1. The first kappa shape index (κ1) is 8.76. The van der Waals surface area contributed by atoms with Crippen LogP contribution in [-0.2, 0) is 5.60 Å². The maximum absolute atomic E-state index is 9.65. The predicted octanol–water partition coefficient (Wildman–Crippen LogP) is 1.79. The molecule has 62 valence electrons. The molecule has 1 rings (SSSR count). The van der Waals surface area contributed by atoms with Crippen LogP contribution >= 0.6 is 0 Å². The van der Waals surface area contributed by atoms with Gasteiger partial charge in [0.1, 0.15) is 0 Å². The molecule has 1 N–H and O–H groups in total. The minimum atomic E-state index is -0.938. The molecule has 1 aromatic carbocycles. The quantitative estimate of drug-likeness (QED) is 0.682. The smallest absolute Gasteiger partial charge is 0.0995 e. The molecule has 0 fully saturated rings. The normalized spacial score (nSPS) is 10.8. The summed E-state index contributed by atoms with van der Waals surface area (Å²) in [4.78, 5) is 0. The molecule has 0 spiro atoms. The summed E-state index contributed by atoms with van der Waals surface area (Å²) in [5.74, 6) is 0. The number of aliphatic hydroxyl groups is 1. The van der Waals surface area contributed by atoms with Crippen LogP contribution in [0.1, 0.15) is 25.0 Å². The standard InChI is InChI=1S/C10H11NO/c1-10(2,12)9-6-4-3-5-8(9)7-11/h3-6,12H,1-2H3. The minimum Gasteiger partial charge on any atom is -0.386 e. The Balaban J connectivity index is 3.26. The molecule has 0 aliphatic rings. The zero-order chi connectivity index (χ0) is 9.19. The van der Waals surface area contributed by atoms with Crippen LogP contribution in [0, 0.1) is 11.3 Å². The van der Waals surface area contributed by atoms with Crippen molar-refractivity contribution in [3.8, 4) is 6.07 Å². The van der Waals surface area contributed by atoms with E-state index in [1.54, 1.807) is 32.0 Å². The second-order valence-electron chi connectivity index (χ2n) is 3.22. The van der Waals surface area contributed by atoms with Crippen LogP contribution in [0.2, 0.25) is 0 Å². The Hall–Kier alpha value is -1.33. The summed E-state index contributed by atoms with van der Waals surface area (Å²) in [6, 6.07) is 9.11. The molecular weight excluding hydrogens is 150 g/mol. The first-order chi connectivity index (χ1) is 5.55. The first-order valence-electron chi connectivity index (χ1n) is 3.77. The zero-order valence-corrected chi connectivity index (χ0v) is 7.20. The van der Waals surface area contributed by atoms with Crippen LogP contribution in [0.4, 0.5) is 0 Å². The molecule has 12 heavy (non-hydrogen) atoms. The Kier molecular flexibility index (Phi) is 2.16. The lowest BCUT2D eigenvalue weighted by molar-refractivity contribution is 0.0783. The lowest BCUT2D eigenvalue weighted by Gasteiger charge is -2.18. The average Bonchev–Trinajstić information content (AvgIpc) is 2.03. The van der Waals surface area contributed by atoms with Gasteiger partial charge >= 0.3 is 0 Å². The third-order valence-corrected chi connectivity index (χ3v) is 1.71. The maximum atomic E-state index is 9.65. The predicted molar refractivity (Wildman–Crippen MR) is 46.4 cm³/mol. The van der Waals surface area contributed by atoms with E-state index in [0.29, 0.717) is 11.1 Å². The summed E-state index contributed by atoms with van der Waals surface area (Å²) in [5, 5.41) is 18.4. The molecule has 0 aliphatic heterocycles. The van der Waals surface area contributed by atoms with Gasteiger partial charge in [-0.2, -0.15) is 5.26 Å². The Morgan fingerprint density at radius 1 is 1.33 bits per heavy atom. The van der Waals surface area contributed by atoms with Crippen LogP contribution in [0.5, 0.6) is 0 Å². The largest absolute Gasteiger partial charge is 0.386 e. The topological polar surface area (TPSA) is 44.0 Å². The summed E-state index contributed by atoms with van der Waals surface area (Å²) in [7, 11) is 0. The molecule has 0 radical (unpaired) electrons. The first-order valence-corrected chi connectivity index (χ1v) is 3.77. The van der Waals surface area contributed by atoms with E-state index in [0.717, 1.165) is 0 Å². The van der Waals surface area contributed by atoms with E-state index in [1.165, 1.54) is 0 Å². The van der Waals surface area contributed by atoms with Crippen molar-refractivity contribution >= 4 is 0 Å². The van der Waals surface area contributed by atoms with Crippen molar-refractivity contribution < 1.29 is 5.11 Å². The van der Waals surface area contributed by atoms with Gasteiger partial charge in [-0.05, 0) is 19.9 Å². The highest BCUT2D eigenvalue weighted by atomic mass is 16.3. The molecular formula is C10H11NO. The summed E-state index contributed by atoms with van der Waals surface area (Å²) < 4.78 is 0. The van der Waals surface area contributed by atoms with Gasteiger partial charge in [-0.25, -0.2) is 0 Å². The highest BCUT2D eigenvalue weighted by Gasteiger charge is 2.18. The van der Waals surface area contributed by atoms with Gasteiger partial charge in [0, 0.05) is 5.56 Å². The van der Waals surface area contributed by atoms with Crippen LogP contribution in [0.3, 0.4) is 0 Å². The fourth-order valence-corrected chi connectivity index (χ4v) is 1.11. The molecule has 0 unspecified atom stereocenters. The number of hydrogen-bond donors (Lipinski definition) is 1. The van der Waals surface area contributed by atoms with Crippen LogP contribution < -0.4 is 0 Å². The number of nitriles is 1. The second-order valence-corrected chi connectivity index (χ2v) is 3.22. The molecule has 0 saturated heterocycles. The van der Waals surface area contributed by atoms with Gasteiger partial charge in [0.15, 0.2) is 0 Å². The second kappa shape index (κ2) is 2.96. The van der Waals surface area contributed by atoms with E-state index >= 15 is 0 Å². The summed E-state index contributed by atoms with van der Waals surface area (Å²) in [6.45, 7) is 3.34. The molecule has 0 aliphatic carbocycles. The number of hydrogen-bond acceptors (Lipinski definition) is 2. The van der Waals surface area contributed by atoms with E-state index in [4.69, 9.17) is 5.26 Å². The van der Waals surface area contributed by atoms with Gasteiger partial charge in [0.2, 0.25) is 0 Å². The fraction of sp³-hybridized carbons (Fsp3) is 0.300. The van der Waals surface area contributed by atoms with Gasteiger partial charge in [0.05, 0.1) is 17.2 Å². The van der Waals surface area contributed by atoms with E-state index in [2.05, 4.69) is 0 Å². The average molecular weight is 161 g/mol. The Morgan fingerprint density at radius 3 is 2.33 bits per heavy atom. The molecule has 1 aromatic rings. The van der Waals surface area contributed by atoms with E-state index in [9.17, 15) is 5.11 Å². The Morgan fingerprint density at radius 2 is 1.92 bits per heavy atom. The lowest BCUT2D eigenvalue weighted by Crippen LogP contribution is -2.16. The Labute approximate surface area is 72.1 Å². The number of nitrogens with zero attached hydrogens (tertiary/aromatic N) is 1. The molecule has 0 heterocycles. The fourth-order valence-electron chi connectivity index (χ4n) is 1.11. The van der Waals surface area contributed by atoms with Crippen molar-refractivity contribution in [1.82, 2.24) is 0 Å². The highest BCUT2D eigenvalue weighted by Crippen LogP contribution is 2.22. The van der Waals surface area contributed by atoms with Crippen LogP contribution in [0.25, 0.3) is 0 Å². The van der Waals surface area contributed by atoms with E-state index < -0.39 is 5.60 Å². The molecule has 0 bridgehead atoms. The van der Waals surface area contributed by atoms with Crippen LogP contribution in [0.15, 0.2) is 24.3 Å². The van der Waals surface area contributed by atoms with Gasteiger partial charge in [0.25, 0.3) is 0 Å². The highest BCUT2D eigenvalue weighted by molar-refractivity contribution is 5.40. The summed E-state index contributed by atoms with van der Waals surface area (Å²) >= 11 is 0. The van der Waals surface area contributed by atoms with Crippen molar-refractivity contribution in [1.29, 1.82) is 5.26 Å². The van der Waals surface area contributed by atoms with Gasteiger partial charge < -0.3 is 5.11 Å². The molecule has 0 saturated carbocycles. The Bertz CT molecular complexity index is 317. The number of benzene rings is 1. The molecule has 0 aromatic heterocycles. The van der Waals surface area contributed by atoms with Gasteiger partial charge in [-0.1, -0.05) is 18.2 Å². The molecule has 2 heteroatoms. The summed E-state index contributed by atoms with van der Waals surface area (Å²) in [5.41, 5.74) is 0.268. The van der Waals surface area contributed by atoms with Crippen molar-refractivity contribution in [2.45, 2.75) is 19.4 Å². The SMILES string of the molecule is CC(C)(O)c1ccccc1C#N. The van der Waals surface area contributed by atoms with Gasteiger partial charge in [-0.15, -0.1) is 0 Å². The lowest BCUT2D eigenvalue weighted by atomic mass is 9.94. The monoisotopic (exact) mass is 161 g/mol. The third kappa shape index (κ3) is 1.63. The van der Waals surface area contributed by atoms with Crippen molar-refractivity contribution in [3.63, 3.8) is 0 Å². The van der Waals surface area contributed by atoms with Gasteiger partial charge in [-0.3, -0.25) is 0 Å². The van der Waals surface area contributed by atoms with E-state index in [1.807, 2.05) is 12.1 Å².